The molecule has 0 aliphatic carbocycles. The van der Waals surface area contributed by atoms with Crippen molar-refractivity contribution >= 4 is 0 Å². The van der Waals surface area contributed by atoms with E-state index in [0.29, 0.717) is 36.5 Å². The van der Waals surface area contributed by atoms with Gasteiger partial charge in [-0.05, 0) is 77.0 Å². The first kappa shape index (κ1) is 35.1. The Hall–Kier alpha value is -1.04. The Kier molecular flexibility index (Phi) is 15.7. The van der Waals surface area contributed by atoms with Crippen molar-refractivity contribution in [1.82, 2.24) is 0 Å². The van der Waals surface area contributed by atoms with E-state index in [1.807, 2.05) is 41.5 Å². The number of rotatable bonds is 10. The summed E-state index contributed by atoms with van der Waals surface area (Å²) in [7, 11) is 0. The molecule has 0 aromatic carbocycles. The van der Waals surface area contributed by atoms with E-state index in [0.717, 1.165) is 12.8 Å². The summed E-state index contributed by atoms with van der Waals surface area (Å²) in [6.45, 7) is 24.2. The fraction of sp³-hybridized carbons (Fsp3) is 0.867. The molecule has 0 saturated heterocycles. The predicted octanol–water partition coefficient (Wildman–Crippen LogP) is 5.66. The first-order valence-electron chi connectivity index (χ1n) is 13.0. The van der Waals surface area contributed by atoms with E-state index < -0.39 is 11.2 Å². The van der Waals surface area contributed by atoms with Crippen molar-refractivity contribution in [3.05, 3.63) is 0 Å². The van der Waals surface area contributed by atoms with Gasteiger partial charge in [-0.2, -0.15) is 0 Å². The van der Waals surface area contributed by atoms with Crippen LogP contribution in [0.2, 0.25) is 0 Å². The molecule has 4 nitrogen and oxygen atoms in total. The Morgan fingerprint density at radius 1 is 0.471 bits per heavy atom. The van der Waals surface area contributed by atoms with Crippen molar-refractivity contribution < 1.29 is 20.4 Å². The Morgan fingerprint density at radius 3 is 0.882 bits per heavy atom. The third kappa shape index (κ3) is 18.3. The summed E-state index contributed by atoms with van der Waals surface area (Å²) >= 11 is 0. The predicted molar refractivity (Wildman–Crippen MR) is 145 cm³/mol. The van der Waals surface area contributed by atoms with Crippen LogP contribution in [0.25, 0.3) is 0 Å². The second kappa shape index (κ2) is 15.2. The van der Waals surface area contributed by atoms with Gasteiger partial charge in [-0.25, -0.2) is 0 Å². The molecule has 4 N–H and O–H groups in total. The van der Waals surface area contributed by atoms with Gasteiger partial charge in [0.15, 0.2) is 0 Å². The van der Waals surface area contributed by atoms with Gasteiger partial charge in [-0.15, -0.1) is 0 Å². The molecular formula is C30H56O4. The van der Waals surface area contributed by atoms with Gasteiger partial charge in [0.1, 0.15) is 11.2 Å². The summed E-state index contributed by atoms with van der Waals surface area (Å²) in [5.74, 6) is 13.8. The van der Waals surface area contributed by atoms with Gasteiger partial charge in [0.25, 0.3) is 0 Å². The molecule has 0 aliphatic rings. The van der Waals surface area contributed by atoms with Gasteiger partial charge in [-0.3, -0.25) is 0 Å². The average Bonchev–Trinajstić information content (AvgIpc) is 2.63. The van der Waals surface area contributed by atoms with E-state index in [1.54, 1.807) is 13.8 Å². The molecule has 0 amide bonds. The summed E-state index contributed by atoms with van der Waals surface area (Å²) in [5.41, 5.74) is -2.73. The van der Waals surface area contributed by atoms with Crippen LogP contribution in [0.1, 0.15) is 109 Å². The molecule has 200 valence electrons. The van der Waals surface area contributed by atoms with Gasteiger partial charge < -0.3 is 20.4 Å². The summed E-state index contributed by atoms with van der Waals surface area (Å²) in [5, 5.41) is 39.0. The lowest BCUT2D eigenvalue weighted by molar-refractivity contribution is 0.0859. The molecule has 0 aliphatic heterocycles. The Bertz CT molecular complexity index is 628. The molecule has 34 heavy (non-hydrogen) atoms. The normalized spacial score (nSPS) is 18.5. The van der Waals surface area contributed by atoms with Crippen molar-refractivity contribution in [3.8, 4) is 23.7 Å². The van der Waals surface area contributed by atoms with Gasteiger partial charge >= 0.3 is 0 Å². The summed E-state index contributed by atoms with van der Waals surface area (Å²) in [4.78, 5) is 0. The van der Waals surface area contributed by atoms with Crippen LogP contribution >= 0.6 is 0 Å². The molecular weight excluding hydrogens is 424 g/mol. The molecule has 0 radical (unpaired) electrons. The van der Waals surface area contributed by atoms with E-state index in [9.17, 15) is 20.4 Å². The lowest BCUT2D eigenvalue weighted by Gasteiger charge is -2.26. The molecule has 4 heteroatoms. The molecule has 4 unspecified atom stereocenters. The van der Waals surface area contributed by atoms with Crippen molar-refractivity contribution in [2.24, 2.45) is 34.5 Å². The minimum Gasteiger partial charge on any atom is -0.395 e. The van der Waals surface area contributed by atoms with Crippen LogP contribution < -0.4 is 0 Å². The van der Waals surface area contributed by atoms with Gasteiger partial charge in [-0.1, -0.05) is 79.1 Å². The summed E-state index contributed by atoms with van der Waals surface area (Å²) < 4.78 is 0. The van der Waals surface area contributed by atoms with Crippen LogP contribution in [-0.4, -0.2) is 44.8 Å². The second-order valence-corrected chi connectivity index (χ2v) is 12.9. The van der Waals surface area contributed by atoms with Crippen LogP contribution in [0, 0.1) is 58.2 Å². The number of aliphatic hydroxyl groups excluding tert-OH is 2. The van der Waals surface area contributed by atoms with E-state index in [-0.39, 0.29) is 24.0 Å². The largest absolute Gasteiger partial charge is 0.395 e. The van der Waals surface area contributed by atoms with Crippen molar-refractivity contribution in [3.63, 3.8) is 0 Å². The van der Waals surface area contributed by atoms with Crippen LogP contribution in [0.4, 0.5) is 0 Å². The van der Waals surface area contributed by atoms with Crippen LogP contribution in [0.15, 0.2) is 0 Å². The van der Waals surface area contributed by atoms with Crippen LogP contribution in [-0.2, 0) is 0 Å². The highest BCUT2D eigenvalue weighted by molar-refractivity contribution is 5.19. The molecule has 4 atom stereocenters. The van der Waals surface area contributed by atoms with Crippen LogP contribution in [0.5, 0.6) is 0 Å². The molecule has 0 bridgehead atoms. The van der Waals surface area contributed by atoms with E-state index in [1.165, 1.54) is 0 Å². The molecule has 0 saturated carbocycles. The molecule has 0 aromatic rings. The Balaban J connectivity index is 0. The summed E-state index contributed by atoms with van der Waals surface area (Å²) in [6.07, 6.45) is 2.99. The van der Waals surface area contributed by atoms with Crippen molar-refractivity contribution in [2.75, 3.05) is 13.2 Å². The van der Waals surface area contributed by atoms with Crippen LogP contribution in [0.3, 0.4) is 0 Å². The lowest BCUT2D eigenvalue weighted by atomic mass is 9.79. The number of hydrogen-bond donors (Lipinski definition) is 4. The maximum atomic E-state index is 10.00. The quantitative estimate of drug-likeness (QED) is 0.304. The highest BCUT2D eigenvalue weighted by atomic mass is 16.3. The topological polar surface area (TPSA) is 80.9 Å². The zero-order valence-corrected chi connectivity index (χ0v) is 24.3. The van der Waals surface area contributed by atoms with Gasteiger partial charge in [0.05, 0.1) is 24.0 Å². The zero-order valence-electron chi connectivity index (χ0n) is 24.3. The minimum atomic E-state index is -1.00. The zero-order chi connectivity index (χ0) is 27.4. The highest BCUT2D eigenvalue weighted by Crippen LogP contribution is 2.28. The van der Waals surface area contributed by atoms with Gasteiger partial charge in [0, 0.05) is 0 Å². The number of aliphatic hydroxyl groups is 4. The molecule has 0 rings (SSSR count). The van der Waals surface area contributed by atoms with Gasteiger partial charge in [0.2, 0.25) is 0 Å². The third-order valence-electron chi connectivity index (χ3n) is 5.29. The van der Waals surface area contributed by atoms with Crippen molar-refractivity contribution in [2.45, 2.75) is 120 Å². The maximum Gasteiger partial charge on any atom is 0.123 e. The molecule has 0 spiro atoms. The maximum absolute atomic E-state index is 10.00. The first-order chi connectivity index (χ1) is 15.2. The smallest absolute Gasteiger partial charge is 0.123 e. The highest BCUT2D eigenvalue weighted by Gasteiger charge is 2.26. The number of hydrogen-bond acceptors (Lipinski definition) is 4. The standard InChI is InChI=1S/C16H30O2.C14H26O2/c1-13(2)9-15(5,11-17)7-8-16(6,12-18)10-14(3)4;1-11(2)9-13(5,15)7-8-14(6,16)10-12(3)4/h13-14,17-18H,9-12H2,1-6H3;11-12,15-16H,9-10H2,1-6H3. The fourth-order valence-corrected chi connectivity index (χ4v) is 4.38. The SMILES string of the molecule is CC(C)CC(C)(C#CC(C)(CO)CC(C)C)CO.CC(C)CC(C)(O)C#CC(C)(O)CC(C)C. The third-order valence-corrected chi connectivity index (χ3v) is 5.29. The van der Waals surface area contributed by atoms with Crippen molar-refractivity contribution in [1.29, 1.82) is 0 Å². The Labute approximate surface area is 212 Å². The first-order valence-corrected chi connectivity index (χ1v) is 13.0. The monoisotopic (exact) mass is 480 g/mol. The molecule has 0 fully saturated rings. The average molecular weight is 481 g/mol. The summed E-state index contributed by atoms with van der Waals surface area (Å²) in [6, 6.07) is 0. The lowest BCUT2D eigenvalue weighted by Crippen LogP contribution is -2.28. The Morgan fingerprint density at radius 2 is 0.706 bits per heavy atom. The molecule has 0 aromatic heterocycles. The molecule has 0 heterocycles. The van der Waals surface area contributed by atoms with E-state index in [2.05, 4.69) is 51.4 Å². The van der Waals surface area contributed by atoms with E-state index >= 15 is 0 Å². The fourth-order valence-electron chi connectivity index (χ4n) is 4.38. The van der Waals surface area contributed by atoms with E-state index in [4.69, 9.17) is 0 Å². The minimum absolute atomic E-state index is 0.0708. The second-order valence-electron chi connectivity index (χ2n) is 12.9.